The maximum Gasteiger partial charge on any atom is 0.227 e. The average molecular weight is 358 g/mol. The van der Waals surface area contributed by atoms with E-state index >= 15 is 0 Å². The van der Waals surface area contributed by atoms with Crippen LogP contribution in [0.25, 0.3) is 0 Å². The third-order valence-corrected chi connectivity index (χ3v) is 6.15. The van der Waals surface area contributed by atoms with Gasteiger partial charge >= 0.3 is 0 Å². The van der Waals surface area contributed by atoms with Crippen molar-refractivity contribution in [3.8, 4) is 0 Å². The number of rotatable bonds is 6. The van der Waals surface area contributed by atoms with Gasteiger partial charge < -0.3 is 9.84 Å². The fourth-order valence-electron chi connectivity index (χ4n) is 3.77. The summed E-state index contributed by atoms with van der Waals surface area (Å²) in [6.07, 6.45) is 9.93. The Morgan fingerprint density at radius 2 is 2.12 bits per heavy atom. The molecule has 4 heteroatoms. The lowest BCUT2D eigenvalue weighted by atomic mass is 9.65. The molecule has 2 unspecified atom stereocenters. The Kier molecular flexibility index (Phi) is 6.27. The second-order valence-corrected chi connectivity index (χ2v) is 7.85. The number of hydrogen-bond acceptors (Lipinski definition) is 4. The number of aliphatic hydroxyl groups excluding tert-OH is 1. The molecule has 0 fully saturated rings. The smallest absolute Gasteiger partial charge is 0.227 e. The van der Waals surface area contributed by atoms with Crippen LogP contribution in [0.3, 0.4) is 0 Å². The first-order chi connectivity index (χ1) is 12.2. The summed E-state index contributed by atoms with van der Waals surface area (Å²) in [5, 5.41) is 9.95. The van der Waals surface area contributed by atoms with Crippen molar-refractivity contribution in [2.24, 2.45) is 11.3 Å². The van der Waals surface area contributed by atoms with Gasteiger partial charge in [-0.2, -0.15) is 0 Å². The summed E-state index contributed by atoms with van der Waals surface area (Å²) in [4.78, 5) is 24.0. The van der Waals surface area contributed by atoms with E-state index < -0.39 is 17.3 Å². The maximum absolute atomic E-state index is 12.3. The van der Waals surface area contributed by atoms with Crippen LogP contribution in [0.4, 0.5) is 0 Å². The lowest BCUT2D eigenvalue weighted by Gasteiger charge is -2.40. The summed E-state index contributed by atoms with van der Waals surface area (Å²) < 4.78 is 4.94. The van der Waals surface area contributed by atoms with Crippen molar-refractivity contribution >= 4 is 11.6 Å². The summed E-state index contributed by atoms with van der Waals surface area (Å²) >= 11 is 0. The Balaban J connectivity index is 2.02. The summed E-state index contributed by atoms with van der Waals surface area (Å²) in [6.45, 7) is 8.92. The van der Waals surface area contributed by atoms with E-state index in [1.165, 1.54) is 24.7 Å². The number of ether oxygens (including phenoxy) is 1. The van der Waals surface area contributed by atoms with Crippen molar-refractivity contribution in [2.45, 2.75) is 59.8 Å². The van der Waals surface area contributed by atoms with Crippen molar-refractivity contribution in [1.29, 1.82) is 0 Å². The number of methoxy groups -OCH3 is 1. The van der Waals surface area contributed by atoms with E-state index in [1.807, 2.05) is 13.0 Å². The van der Waals surface area contributed by atoms with Gasteiger partial charge in [0.2, 0.25) is 11.6 Å². The van der Waals surface area contributed by atoms with Crippen molar-refractivity contribution < 1.29 is 19.4 Å². The van der Waals surface area contributed by atoms with Crippen molar-refractivity contribution in [3.05, 3.63) is 46.5 Å². The van der Waals surface area contributed by atoms with Crippen LogP contribution in [-0.2, 0) is 14.3 Å². The minimum absolute atomic E-state index is 0.0142. The molecule has 0 amide bonds. The highest BCUT2D eigenvalue weighted by Crippen LogP contribution is 2.44. The molecule has 0 bridgehead atoms. The van der Waals surface area contributed by atoms with Crippen LogP contribution in [0.15, 0.2) is 46.5 Å². The van der Waals surface area contributed by atoms with Gasteiger partial charge in [-0.05, 0) is 57.3 Å². The lowest BCUT2D eigenvalue weighted by molar-refractivity contribution is -0.119. The first-order valence-electron chi connectivity index (χ1n) is 9.28. The second-order valence-electron chi connectivity index (χ2n) is 7.85. The molecule has 26 heavy (non-hydrogen) atoms. The Hall–Kier alpha value is -2.10. The second kappa shape index (κ2) is 8.07. The Bertz CT molecular complexity index is 720. The van der Waals surface area contributed by atoms with Gasteiger partial charge in [-0.3, -0.25) is 9.59 Å². The normalized spacial score (nSPS) is 27.4. The van der Waals surface area contributed by atoms with E-state index in [2.05, 4.69) is 26.8 Å². The van der Waals surface area contributed by atoms with Gasteiger partial charge in [-0.25, -0.2) is 0 Å². The standard InChI is InChI=1S/C22H30O4/c1-14(10-12-22(4)11-6-7-15(2)16(22)3)8-9-17-20(24)18(23)13-19(26-5)21(17)25/h7-8,13,16,24H,6,9-12H2,1-5H3. The van der Waals surface area contributed by atoms with Crippen LogP contribution >= 0.6 is 0 Å². The first kappa shape index (κ1) is 20.2. The van der Waals surface area contributed by atoms with Crippen LogP contribution in [0.5, 0.6) is 0 Å². The molecule has 0 aromatic rings. The molecule has 2 atom stereocenters. The van der Waals surface area contributed by atoms with E-state index in [4.69, 9.17) is 4.74 Å². The van der Waals surface area contributed by atoms with Crippen LogP contribution in [0.1, 0.15) is 59.8 Å². The molecule has 4 nitrogen and oxygen atoms in total. The fourth-order valence-corrected chi connectivity index (χ4v) is 3.77. The van der Waals surface area contributed by atoms with E-state index in [0.717, 1.165) is 25.3 Å². The molecule has 0 aliphatic heterocycles. The highest BCUT2D eigenvalue weighted by molar-refractivity contribution is 6.20. The summed E-state index contributed by atoms with van der Waals surface area (Å²) in [6, 6.07) is 0. The number of ketones is 2. The number of allylic oxidation sites excluding steroid dienone is 6. The number of aliphatic hydroxyl groups is 1. The van der Waals surface area contributed by atoms with Crippen LogP contribution in [-0.4, -0.2) is 23.8 Å². The Labute approximate surface area is 156 Å². The molecule has 2 aliphatic carbocycles. The Morgan fingerprint density at radius 1 is 1.42 bits per heavy atom. The Morgan fingerprint density at radius 3 is 2.77 bits per heavy atom. The van der Waals surface area contributed by atoms with Gasteiger partial charge in [-0.1, -0.05) is 37.1 Å². The molecular weight excluding hydrogens is 328 g/mol. The predicted molar refractivity (Wildman–Crippen MR) is 103 cm³/mol. The van der Waals surface area contributed by atoms with Crippen LogP contribution < -0.4 is 0 Å². The number of carbonyl (C=O) groups excluding carboxylic acids is 2. The molecule has 2 aliphatic rings. The molecule has 0 spiro atoms. The fraction of sp³-hybridized carbons (Fsp3) is 0.545. The zero-order valence-electron chi connectivity index (χ0n) is 16.5. The van der Waals surface area contributed by atoms with E-state index in [0.29, 0.717) is 5.92 Å². The highest BCUT2D eigenvalue weighted by atomic mass is 16.5. The molecule has 0 heterocycles. The average Bonchev–Trinajstić information content (AvgIpc) is 2.61. The number of carbonyl (C=O) groups is 2. The number of Topliss-reactive ketones (excluding diaryl/α,β-unsaturated/α-hetero) is 1. The zero-order valence-corrected chi connectivity index (χ0v) is 16.5. The summed E-state index contributed by atoms with van der Waals surface area (Å²) in [5.74, 6) is -0.897. The molecule has 1 N–H and O–H groups in total. The minimum Gasteiger partial charge on any atom is -0.504 e. The molecule has 0 saturated heterocycles. The molecule has 0 radical (unpaired) electrons. The van der Waals surface area contributed by atoms with Crippen LogP contribution in [0, 0.1) is 11.3 Å². The van der Waals surface area contributed by atoms with Gasteiger partial charge in [0.1, 0.15) is 0 Å². The van der Waals surface area contributed by atoms with Crippen molar-refractivity contribution in [1.82, 2.24) is 0 Å². The topological polar surface area (TPSA) is 63.6 Å². The first-order valence-corrected chi connectivity index (χ1v) is 9.28. The van der Waals surface area contributed by atoms with E-state index in [1.54, 1.807) is 0 Å². The molecule has 0 aromatic heterocycles. The monoisotopic (exact) mass is 358 g/mol. The summed E-state index contributed by atoms with van der Waals surface area (Å²) in [5.41, 5.74) is 3.04. The van der Waals surface area contributed by atoms with Crippen LogP contribution in [0.2, 0.25) is 0 Å². The third-order valence-electron chi connectivity index (χ3n) is 6.15. The molecule has 142 valence electrons. The van der Waals surface area contributed by atoms with Gasteiger partial charge in [0.05, 0.1) is 12.7 Å². The molecule has 0 aromatic carbocycles. The maximum atomic E-state index is 12.3. The van der Waals surface area contributed by atoms with Crippen molar-refractivity contribution in [2.75, 3.05) is 7.11 Å². The van der Waals surface area contributed by atoms with Gasteiger partial charge in [0.25, 0.3) is 0 Å². The lowest BCUT2D eigenvalue weighted by Crippen LogP contribution is -2.29. The van der Waals surface area contributed by atoms with Gasteiger partial charge in [0.15, 0.2) is 11.5 Å². The summed E-state index contributed by atoms with van der Waals surface area (Å²) in [7, 11) is 1.35. The SMILES string of the molecule is COC1=CC(=O)C(O)=C(CC=C(C)CCC2(C)CCC=C(C)C2C)C1=O. The molecule has 2 rings (SSSR count). The van der Waals surface area contributed by atoms with E-state index in [-0.39, 0.29) is 23.2 Å². The zero-order chi connectivity index (χ0) is 19.5. The molecule has 0 saturated carbocycles. The number of hydrogen-bond donors (Lipinski definition) is 1. The van der Waals surface area contributed by atoms with Gasteiger partial charge in [0, 0.05) is 6.08 Å². The third kappa shape index (κ3) is 4.17. The molecular formula is C22H30O4. The van der Waals surface area contributed by atoms with E-state index in [9.17, 15) is 14.7 Å². The quantitative estimate of drug-likeness (QED) is 0.537. The largest absolute Gasteiger partial charge is 0.504 e. The minimum atomic E-state index is -0.576. The predicted octanol–water partition coefficient (Wildman–Crippen LogP) is 4.98. The van der Waals surface area contributed by atoms with Crippen molar-refractivity contribution in [3.63, 3.8) is 0 Å². The van der Waals surface area contributed by atoms with Gasteiger partial charge in [-0.15, -0.1) is 0 Å². The highest BCUT2D eigenvalue weighted by Gasteiger charge is 2.33.